The zero-order valence-electron chi connectivity index (χ0n) is 36.2. The maximum absolute atomic E-state index is 15.8. The van der Waals surface area contributed by atoms with E-state index in [0.29, 0.717) is 40.3 Å². The van der Waals surface area contributed by atoms with Crippen molar-refractivity contribution in [3.8, 4) is 17.6 Å². The van der Waals surface area contributed by atoms with Crippen LogP contribution in [0.25, 0.3) is 21.9 Å². The lowest BCUT2D eigenvalue weighted by Crippen LogP contribution is -2.50. The van der Waals surface area contributed by atoms with Gasteiger partial charge in [-0.25, -0.2) is 18.6 Å². The molecule has 10 rings (SSSR count). The number of aromatic nitrogens is 4. The Morgan fingerprint density at radius 2 is 1.72 bits per heavy atom. The number of nitriles is 1. The molecule has 3 aliphatic heterocycles. The second-order valence-corrected chi connectivity index (χ2v) is 20.0. The van der Waals surface area contributed by atoms with E-state index in [4.69, 9.17) is 14.5 Å². The van der Waals surface area contributed by atoms with E-state index >= 15 is 8.78 Å². The molecule has 5 aromatic rings. The van der Waals surface area contributed by atoms with Crippen LogP contribution in [0.1, 0.15) is 92.9 Å². The molecule has 16 nitrogen and oxygen atoms in total. The standard InChI is InChI=1S/C46H50F2N10O6S/c1-55-41-21-32(36(48)20-33(41)44(53-55)58-16-12-42(59)52-45(58)60)27-3-5-29(6-4-27)56-17-13-46(14-18-56)22-28(23-46)40-25-50-38-9-7-30(19-39(38)51-40)64-43-34(24-49)37(10-8-35(43)47)54-65(61,62)57-15-11-31(26-57)63-2/h7-10,19-21,25,27-29,31,54H,3-6,11-18,22-23,26H2,1-2H3,(H,52,59,60)/t27?,29?,31-/m1/s1. The third kappa shape index (κ3) is 8.14. The van der Waals surface area contributed by atoms with E-state index in [1.54, 1.807) is 29.9 Å². The molecule has 0 radical (unpaired) electrons. The molecule has 340 valence electrons. The van der Waals surface area contributed by atoms with Crippen LogP contribution in [0.4, 0.5) is 25.1 Å². The van der Waals surface area contributed by atoms with Crippen molar-refractivity contribution in [3.05, 3.63) is 77.1 Å². The summed E-state index contributed by atoms with van der Waals surface area (Å²) in [4.78, 5) is 37.9. The smallest absolute Gasteiger partial charge is 0.329 e. The van der Waals surface area contributed by atoms with Gasteiger partial charge < -0.3 is 14.4 Å². The topological polar surface area (TPSA) is 188 Å². The zero-order chi connectivity index (χ0) is 45.2. The minimum absolute atomic E-state index is 0.0962. The van der Waals surface area contributed by atoms with Crippen molar-refractivity contribution in [1.82, 2.24) is 34.3 Å². The monoisotopic (exact) mass is 908 g/mol. The number of nitrogens with zero attached hydrogens (tertiary/aromatic N) is 8. The number of rotatable bonds is 10. The van der Waals surface area contributed by atoms with Crippen molar-refractivity contribution in [2.75, 3.05) is 49.5 Å². The minimum atomic E-state index is -4.04. The summed E-state index contributed by atoms with van der Waals surface area (Å²) in [5, 5.41) is 17.5. The molecule has 2 aliphatic carbocycles. The third-order valence-corrected chi connectivity index (χ3v) is 16.0. The van der Waals surface area contributed by atoms with E-state index < -0.39 is 27.8 Å². The summed E-state index contributed by atoms with van der Waals surface area (Å²) in [6.07, 6.45) is 10.3. The summed E-state index contributed by atoms with van der Waals surface area (Å²) in [5.74, 6) is -0.901. The highest BCUT2D eigenvalue weighted by Crippen LogP contribution is 2.57. The highest BCUT2D eigenvalue weighted by Gasteiger charge is 2.48. The highest BCUT2D eigenvalue weighted by molar-refractivity contribution is 7.90. The van der Waals surface area contributed by atoms with Crippen LogP contribution in [0.15, 0.2) is 48.7 Å². The number of piperidine rings is 1. The first-order valence-electron chi connectivity index (χ1n) is 22.3. The molecule has 1 spiro atoms. The van der Waals surface area contributed by atoms with Gasteiger partial charge in [0.15, 0.2) is 17.4 Å². The zero-order valence-corrected chi connectivity index (χ0v) is 37.0. The Morgan fingerprint density at radius 1 is 0.938 bits per heavy atom. The molecule has 2 N–H and O–H groups in total. The van der Waals surface area contributed by atoms with E-state index in [1.165, 1.54) is 28.4 Å². The number of carbonyl (C=O) groups excluding carboxylic acids is 2. The van der Waals surface area contributed by atoms with Gasteiger partial charge in [-0.1, -0.05) is 0 Å². The van der Waals surface area contributed by atoms with E-state index in [-0.39, 0.29) is 78.1 Å². The normalized spacial score (nSPS) is 23.2. The molecular formula is C46H50F2N10O6S. The molecule has 0 unspecified atom stereocenters. The largest absolute Gasteiger partial charge is 0.453 e. The lowest BCUT2D eigenvalue weighted by molar-refractivity contribution is -0.120. The van der Waals surface area contributed by atoms with Crippen LogP contribution in [0.3, 0.4) is 0 Å². The first-order chi connectivity index (χ1) is 31.3. The van der Waals surface area contributed by atoms with Gasteiger partial charge in [0.1, 0.15) is 23.2 Å². The number of aryl methyl sites for hydroxylation is 1. The Labute approximate surface area is 375 Å². The summed E-state index contributed by atoms with van der Waals surface area (Å²) >= 11 is 0. The second kappa shape index (κ2) is 16.9. The van der Waals surface area contributed by atoms with Gasteiger partial charge in [-0.2, -0.15) is 23.1 Å². The number of fused-ring (bicyclic) bond motifs is 2. The molecule has 0 bridgehead atoms. The molecule has 65 heavy (non-hydrogen) atoms. The second-order valence-electron chi connectivity index (χ2n) is 18.3. The number of likely N-dealkylation sites (tertiary alicyclic amines) is 1. The Bertz CT molecular complexity index is 2860. The Kier molecular flexibility index (Phi) is 11.2. The predicted molar refractivity (Wildman–Crippen MR) is 237 cm³/mol. The fourth-order valence-corrected chi connectivity index (χ4v) is 12.1. The molecular weight excluding hydrogens is 859 g/mol. The molecule has 3 saturated heterocycles. The van der Waals surface area contributed by atoms with Gasteiger partial charge >= 0.3 is 16.2 Å². The van der Waals surface area contributed by atoms with Gasteiger partial charge in [0, 0.05) is 69.8 Å². The predicted octanol–water partition coefficient (Wildman–Crippen LogP) is 6.97. The summed E-state index contributed by atoms with van der Waals surface area (Å²) in [6, 6.07) is 12.5. The van der Waals surface area contributed by atoms with Crippen LogP contribution in [-0.4, -0.2) is 101 Å². The van der Waals surface area contributed by atoms with E-state index in [2.05, 4.69) is 25.0 Å². The SMILES string of the molecule is CO[C@@H]1CCN(S(=O)(=O)Nc2ccc(F)c(Oc3ccc4ncc(C5CC6(CCN(C7CCC(c8cc9c(cc8F)c(N8CCC(=O)NC8=O)nn9C)CC7)CC6)C5)nc4c3)c2C#N)C1. The Morgan fingerprint density at radius 3 is 2.45 bits per heavy atom. The minimum Gasteiger partial charge on any atom is -0.453 e. The van der Waals surface area contributed by atoms with Crippen LogP contribution in [0.5, 0.6) is 11.5 Å². The Hall–Kier alpha value is -5.81. The van der Waals surface area contributed by atoms with Crippen molar-refractivity contribution in [2.45, 2.75) is 88.2 Å². The molecule has 19 heteroatoms. The maximum Gasteiger partial charge on any atom is 0.329 e. The number of benzene rings is 3. The fraction of sp³-hybridized carbons (Fsp3) is 0.478. The number of ether oxygens (including phenoxy) is 2. The van der Waals surface area contributed by atoms with Crippen LogP contribution in [0, 0.1) is 28.4 Å². The van der Waals surface area contributed by atoms with Gasteiger partial charge in [0.05, 0.1) is 34.0 Å². The van der Waals surface area contributed by atoms with E-state index in [0.717, 1.165) is 81.7 Å². The number of anilines is 2. The van der Waals surface area contributed by atoms with Gasteiger partial charge in [-0.15, -0.1) is 0 Å². The highest BCUT2D eigenvalue weighted by atomic mass is 32.2. The van der Waals surface area contributed by atoms with E-state index in [9.17, 15) is 23.3 Å². The summed E-state index contributed by atoms with van der Waals surface area (Å²) in [7, 11) is -0.730. The van der Waals surface area contributed by atoms with Crippen molar-refractivity contribution in [3.63, 3.8) is 0 Å². The number of carbonyl (C=O) groups is 2. The Balaban J connectivity index is 0.746. The van der Waals surface area contributed by atoms with Crippen molar-refractivity contribution in [1.29, 1.82) is 5.26 Å². The van der Waals surface area contributed by atoms with Crippen LogP contribution in [-0.2, 0) is 26.8 Å². The number of amides is 3. The maximum atomic E-state index is 15.8. The summed E-state index contributed by atoms with van der Waals surface area (Å²) < 4.78 is 73.9. The molecule has 2 aromatic heterocycles. The quantitative estimate of drug-likeness (QED) is 0.147. The van der Waals surface area contributed by atoms with Crippen LogP contribution >= 0.6 is 0 Å². The van der Waals surface area contributed by atoms with Gasteiger partial charge in [0.25, 0.3) is 0 Å². The number of methoxy groups -OCH3 is 1. The molecule has 3 amide bonds. The number of hydrogen-bond donors (Lipinski definition) is 2. The van der Waals surface area contributed by atoms with Gasteiger partial charge in [-0.3, -0.25) is 29.4 Å². The van der Waals surface area contributed by atoms with E-state index in [1.807, 2.05) is 18.3 Å². The molecule has 3 aromatic carbocycles. The molecule has 5 heterocycles. The fourth-order valence-electron chi connectivity index (χ4n) is 10.8. The number of urea groups is 1. The molecule has 2 saturated carbocycles. The molecule has 5 fully saturated rings. The summed E-state index contributed by atoms with van der Waals surface area (Å²) in [6.45, 7) is 2.66. The number of nitrogens with one attached hydrogen (secondary N) is 2. The average molecular weight is 909 g/mol. The van der Waals surface area contributed by atoms with Crippen LogP contribution < -0.4 is 19.7 Å². The average Bonchev–Trinajstić information content (AvgIpc) is 3.91. The third-order valence-electron chi connectivity index (χ3n) is 14.5. The molecule has 1 atom stereocenters. The number of imide groups is 1. The van der Waals surface area contributed by atoms with Crippen LogP contribution in [0.2, 0.25) is 0 Å². The summed E-state index contributed by atoms with van der Waals surface area (Å²) in [5.41, 5.74) is 3.41. The molecule has 5 aliphatic rings. The van der Waals surface area contributed by atoms with Crippen molar-refractivity contribution in [2.24, 2.45) is 12.5 Å². The number of halogens is 2. The van der Waals surface area contributed by atoms with Gasteiger partial charge in [0.2, 0.25) is 5.91 Å². The van der Waals surface area contributed by atoms with Gasteiger partial charge in [-0.05, 0) is 124 Å². The first kappa shape index (κ1) is 43.1. The lowest BCUT2D eigenvalue weighted by atomic mass is 9.56. The number of hydrogen-bond acceptors (Lipinski definition) is 11. The van der Waals surface area contributed by atoms with Crippen molar-refractivity contribution >= 4 is 55.6 Å². The van der Waals surface area contributed by atoms with Crippen molar-refractivity contribution < 1.29 is 36.3 Å². The lowest BCUT2D eigenvalue weighted by Gasteiger charge is -2.53. The first-order valence-corrected chi connectivity index (χ1v) is 23.7.